The van der Waals surface area contributed by atoms with Crippen LogP contribution in [0.2, 0.25) is 0 Å². The lowest BCUT2D eigenvalue weighted by Crippen LogP contribution is -2.19. The molecule has 1 aliphatic carbocycles. The smallest absolute Gasteiger partial charge is 0.0478 e. The van der Waals surface area contributed by atoms with E-state index in [4.69, 9.17) is 0 Å². The van der Waals surface area contributed by atoms with E-state index in [2.05, 4.69) is 85.5 Å². The summed E-state index contributed by atoms with van der Waals surface area (Å²) in [4.78, 5) is 2.40. The Bertz CT molecular complexity index is 642. The van der Waals surface area contributed by atoms with Gasteiger partial charge in [-0.25, -0.2) is 0 Å². The summed E-state index contributed by atoms with van der Waals surface area (Å²) in [7, 11) is 0. The molecule has 0 aromatic heterocycles. The fourth-order valence-electron chi connectivity index (χ4n) is 2.96. The predicted molar refractivity (Wildman–Crippen MR) is 100 cm³/mol. The van der Waals surface area contributed by atoms with E-state index in [1.54, 1.807) is 0 Å². The van der Waals surface area contributed by atoms with Gasteiger partial charge in [0.25, 0.3) is 0 Å². The van der Waals surface area contributed by atoms with Gasteiger partial charge in [-0.05, 0) is 60.2 Å². The normalized spacial score (nSPS) is 13.2. The van der Waals surface area contributed by atoms with Crippen molar-refractivity contribution < 1.29 is 0 Å². The summed E-state index contributed by atoms with van der Waals surface area (Å²) in [5.74, 6) is 0. The fourth-order valence-corrected chi connectivity index (χ4v) is 2.96. The topological polar surface area (TPSA) is 3.24 Å². The van der Waals surface area contributed by atoms with E-state index in [-0.39, 0.29) is 0 Å². The van der Waals surface area contributed by atoms with Crippen LogP contribution >= 0.6 is 0 Å². The molecular formula is C22H25N. The minimum absolute atomic E-state index is 0.924. The van der Waals surface area contributed by atoms with Crippen molar-refractivity contribution in [2.45, 2.75) is 33.1 Å². The minimum atomic E-state index is 0.924. The molecule has 1 aliphatic rings. The van der Waals surface area contributed by atoms with E-state index in [0.717, 1.165) is 25.8 Å². The van der Waals surface area contributed by atoms with Crippen molar-refractivity contribution in [3.05, 3.63) is 83.5 Å². The Morgan fingerprint density at radius 2 is 1.30 bits per heavy atom. The first-order valence-electron chi connectivity index (χ1n) is 8.61. The van der Waals surface area contributed by atoms with Crippen molar-refractivity contribution in [2.24, 2.45) is 0 Å². The molecule has 23 heavy (non-hydrogen) atoms. The molecule has 0 radical (unpaired) electrons. The van der Waals surface area contributed by atoms with E-state index in [0.29, 0.717) is 0 Å². The number of allylic oxidation sites excluding steroid dienone is 2. The second-order valence-electron chi connectivity index (χ2n) is 6.04. The first-order valence-corrected chi connectivity index (χ1v) is 8.61. The van der Waals surface area contributed by atoms with Gasteiger partial charge in [0, 0.05) is 17.9 Å². The third kappa shape index (κ3) is 3.73. The number of rotatable bonds is 6. The van der Waals surface area contributed by atoms with Crippen molar-refractivity contribution >= 4 is 11.4 Å². The lowest BCUT2D eigenvalue weighted by atomic mass is 10.1. The Hall–Kier alpha value is -2.28. The van der Waals surface area contributed by atoms with Gasteiger partial charge in [0.2, 0.25) is 0 Å². The molecule has 0 bridgehead atoms. The van der Waals surface area contributed by atoms with Crippen LogP contribution < -0.4 is 4.90 Å². The average molecular weight is 303 g/mol. The molecule has 1 heteroatoms. The van der Waals surface area contributed by atoms with Crippen LogP contribution in [0.1, 0.15) is 31.4 Å². The summed E-state index contributed by atoms with van der Waals surface area (Å²) in [6, 6.07) is 17.9. The van der Waals surface area contributed by atoms with Gasteiger partial charge in [-0.15, -0.1) is 0 Å². The zero-order chi connectivity index (χ0) is 16.1. The zero-order valence-corrected chi connectivity index (χ0v) is 14.1. The number of benzene rings is 2. The Kier molecular flexibility index (Phi) is 4.97. The zero-order valence-electron chi connectivity index (χ0n) is 14.1. The van der Waals surface area contributed by atoms with Gasteiger partial charge >= 0.3 is 0 Å². The van der Waals surface area contributed by atoms with Crippen molar-refractivity contribution in [2.75, 3.05) is 11.4 Å². The largest absolute Gasteiger partial charge is 0.337 e. The van der Waals surface area contributed by atoms with Gasteiger partial charge in [0.05, 0.1) is 0 Å². The third-order valence-corrected chi connectivity index (χ3v) is 4.50. The first kappa shape index (κ1) is 15.6. The van der Waals surface area contributed by atoms with E-state index < -0.39 is 0 Å². The van der Waals surface area contributed by atoms with Crippen LogP contribution in [0, 0.1) is 0 Å². The van der Waals surface area contributed by atoms with E-state index in [1.165, 1.54) is 28.1 Å². The second-order valence-corrected chi connectivity index (χ2v) is 6.04. The van der Waals surface area contributed by atoms with Crippen molar-refractivity contribution in [1.29, 1.82) is 0 Å². The molecule has 0 atom stereocenters. The van der Waals surface area contributed by atoms with Crippen molar-refractivity contribution in [3.63, 3.8) is 0 Å². The number of anilines is 2. The summed E-state index contributed by atoms with van der Waals surface area (Å²) >= 11 is 0. The Morgan fingerprint density at radius 3 is 1.70 bits per heavy atom. The Morgan fingerprint density at radius 1 is 0.783 bits per heavy atom. The van der Waals surface area contributed by atoms with Crippen LogP contribution in [0.5, 0.6) is 0 Å². The highest BCUT2D eigenvalue weighted by Gasteiger charge is 2.12. The molecule has 0 amide bonds. The second kappa shape index (κ2) is 7.32. The molecule has 0 saturated heterocycles. The number of hydrogen-bond acceptors (Lipinski definition) is 1. The van der Waals surface area contributed by atoms with E-state index in [1.807, 2.05) is 0 Å². The van der Waals surface area contributed by atoms with Gasteiger partial charge in [0.15, 0.2) is 0 Å². The molecule has 0 fully saturated rings. The molecule has 3 rings (SSSR count). The summed E-state index contributed by atoms with van der Waals surface area (Å²) in [6.07, 6.45) is 10.0. The van der Waals surface area contributed by atoms with Crippen LogP contribution in [0.3, 0.4) is 0 Å². The van der Waals surface area contributed by atoms with Crippen LogP contribution in [-0.2, 0) is 12.8 Å². The Labute approximate surface area is 140 Å². The molecule has 0 heterocycles. The standard InChI is InChI=1S/C22H25N/c1-3-18-9-13-21(14-10-18)23(17-20-7-5-6-8-20)22-15-11-19(4-2)12-16-22/h5,7-16H,3-4,6,17H2,1-2H3. The third-order valence-electron chi connectivity index (χ3n) is 4.50. The number of hydrogen-bond donors (Lipinski definition) is 0. The summed E-state index contributed by atoms with van der Waals surface area (Å²) < 4.78 is 0. The van der Waals surface area contributed by atoms with Gasteiger partial charge in [-0.2, -0.15) is 0 Å². The summed E-state index contributed by atoms with van der Waals surface area (Å²) in [6.45, 7) is 5.32. The van der Waals surface area contributed by atoms with Gasteiger partial charge in [-0.3, -0.25) is 0 Å². The number of nitrogens with zero attached hydrogens (tertiary/aromatic N) is 1. The average Bonchev–Trinajstić information content (AvgIpc) is 3.13. The lowest BCUT2D eigenvalue weighted by Gasteiger charge is -2.26. The lowest BCUT2D eigenvalue weighted by molar-refractivity contribution is 1.05. The van der Waals surface area contributed by atoms with Crippen molar-refractivity contribution in [3.8, 4) is 0 Å². The maximum absolute atomic E-state index is 2.40. The molecular weight excluding hydrogens is 278 g/mol. The highest BCUT2D eigenvalue weighted by Crippen LogP contribution is 2.28. The molecule has 2 aromatic rings. The van der Waals surface area contributed by atoms with Gasteiger partial charge in [-0.1, -0.05) is 56.3 Å². The molecule has 0 aliphatic heterocycles. The van der Waals surface area contributed by atoms with E-state index >= 15 is 0 Å². The van der Waals surface area contributed by atoms with Crippen LogP contribution in [0.4, 0.5) is 11.4 Å². The fraction of sp³-hybridized carbons (Fsp3) is 0.273. The summed E-state index contributed by atoms with van der Waals surface area (Å²) in [5, 5.41) is 0. The quantitative estimate of drug-likeness (QED) is 0.648. The molecule has 118 valence electrons. The molecule has 1 nitrogen and oxygen atoms in total. The van der Waals surface area contributed by atoms with Crippen LogP contribution in [0.15, 0.2) is 72.3 Å². The molecule has 0 saturated carbocycles. The highest BCUT2D eigenvalue weighted by molar-refractivity contribution is 5.65. The summed E-state index contributed by atoms with van der Waals surface area (Å²) in [5.41, 5.74) is 6.68. The van der Waals surface area contributed by atoms with E-state index in [9.17, 15) is 0 Å². The maximum Gasteiger partial charge on any atom is 0.0478 e. The highest BCUT2D eigenvalue weighted by atomic mass is 15.1. The van der Waals surface area contributed by atoms with Gasteiger partial charge < -0.3 is 4.90 Å². The number of aryl methyl sites for hydroxylation is 2. The van der Waals surface area contributed by atoms with Crippen LogP contribution in [0.25, 0.3) is 0 Å². The molecule has 0 unspecified atom stereocenters. The van der Waals surface area contributed by atoms with Gasteiger partial charge in [0.1, 0.15) is 0 Å². The molecule has 2 aromatic carbocycles. The Balaban J connectivity index is 1.92. The SMILES string of the molecule is CCc1ccc(N(CC2=CCC=C2)c2ccc(CC)cc2)cc1. The van der Waals surface area contributed by atoms with Crippen molar-refractivity contribution in [1.82, 2.24) is 0 Å². The molecule has 0 spiro atoms. The maximum atomic E-state index is 2.40. The minimum Gasteiger partial charge on any atom is -0.337 e. The monoisotopic (exact) mass is 303 g/mol. The van der Waals surface area contributed by atoms with Crippen LogP contribution in [-0.4, -0.2) is 6.54 Å². The first-order chi connectivity index (χ1) is 11.3. The molecule has 0 N–H and O–H groups in total. The predicted octanol–water partition coefficient (Wildman–Crippen LogP) is 5.84.